The largest absolute Gasteiger partial charge is 0.497 e. The van der Waals surface area contributed by atoms with Gasteiger partial charge in [-0.05, 0) is 31.0 Å². The third-order valence-electron chi connectivity index (χ3n) is 5.01. The molecule has 0 unspecified atom stereocenters. The van der Waals surface area contributed by atoms with Crippen LogP contribution in [0.5, 0.6) is 5.75 Å². The first-order valence-corrected chi connectivity index (χ1v) is 8.57. The van der Waals surface area contributed by atoms with Crippen LogP contribution in [0.4, 0.5) is 0 Å². The van der Waals surface area contributed by atoms with Gasteiger partial charge in [0.05, 0.1) is 18.9 Å². The number of aromatic amines is 1. The van der Waals surface area contributed by atoms with Gasteiger partial charge in [-0.1, -0.05) is 12.1 Å². The molecule has 1 aromatic carbocycles. The van der Waals surface area contributed by atoms with Crippen molar-refractivity contribution in [2.24, 2.45) is 7.05 Å². The van der Waals surface area contributed by atoms with Crippen LogP contribution in [-0.2, 0) is 13.5 Å². The third-order valence-corrected chi connectivity index (χ3v) is 5.01. The van der Waals surface area contributed by atoms with Gasteiger partial charge in [-0.3, -0.25) is 9.48 Å². The molecule has 2 aromatic heterocycles. The van der Waals surface area contributed by atoms with E-state index in [0.717, 1.165) is 28.3 Å². The predicted molar refractivity (Wildman–Crippen MR) is 97.3 cm³/mol. The molecule has 0 fully saturated rings. The Hall–Kier alpha value is -3.09. The number of amides is 1. The number of hydrogen-bond donors (Lipinski definition) is 2. The number of fused-ring (bicyclic) bond motifs is 1. The second-order valence-corrected chi connectivity index (χ2v) is 6.57. The van der Waals surface area contributed by atoms with E-state index in [2.05, 4.69) is 26.4 Å². The maximum atomic E-state index is 12.5. The fourth-order valence-electron chi connectivity index (χ4n) is 3.35. The minimum Gasteiger partial charge on any atom is -0.497 e. The summed E-state index contributed by atoms with van der Waals surface area (Å²) in [6, 6.07) is 7.97. The van der Waals surface area contributed by atoms with Gasteiger partial charge in [0.2, 0.25) is 0 Å². The Morgan fingerprint density at radius 3 is 2.92 bits per heavy atom. The van der Waals surface area contributed by atoms with Gasteiger partial charge in [0, 0.05) is 30.9 Å². The van der Waals surface area contributed by atoms with Crippen LogP contribution < -0.4 is 10.1 Å². The van der Waals surface area contributed by atoms with Crippen molar-refractivity contribution in [2.75, 3.05) is 13.7 Å². The van der Waals surface area contributed by atoms with Gasteiger partial charge in [-0.2, -0.15) is 5.10 Å². The Kier molecular flexibility index (Phi) is 3.99. The van der Waals surface area contributed by atoms with Gasteiger partial charge >= 0.3 is 0 Å². The zero-order chi connectivity index (χ0) is 18.3. The summed E-state index contributed by atoms with van der Waals surface area (Å²) in [5.74, 6) is 1.50. The van der Waals surface area contributed by atoms with E-state index in [4.69, 9.17) is 4.74 Å². The molecule has 3 aromatic rings. The van der Waals surface area contributed by atoms with Crippen LogP contribution >= 0.6 is 0 Å². The van der Waals surface area contributed by atoms with Crippen molar-refractivity contribution in [3.8, 4) is 17.1 Å². The first kappa shape index (κ1) is 16.4. The summed E-state index contributed by atoms with van der Waals surface area (Å²) in [7, 11) is 3.54. The molecule has 0 saturated carbocycles. The van der Waals surface area contributed by atoms with Crippen molar-refractivity contribution in [2.45, 2.75) is 19.3 Å². The lowest BCUT2D eigenvalue weighted by molar-refractivity contribution is 0.0950. The molecule has 7 nitrogen and oxygen atoms in total. The number of carbonyl (C=O) groups is 1. The first-order chi connectivity index (χ1) is 12.6. The molecule has 2 N–H and O–H groups in total. The van der Waals surface area contributed by atoms with E-state index >= 15 is 0 Å². The molecule has 4 rings (SSSR count). The van der Waals surface area contributed by atoms with Crippen molar-refractivity contribution in [1.29, 1.82) is 0 Å². The molecular weight excluding hydrogens is 330 g/mol. The lowest BCUT2D eigenvalue weighted by Crippen LogP contribution is -2.26. The van der Waals surface area contributed by atoms with Crippen LogP contribution in [0.2, 0.25) is 0 Å². The van der Waals surface area contributed by atoms with Gasteiger partial charge < -0.3 is 15.0 Å². The monoisotopic (exact) mass is 351 g/mol. The minimum atomic E-state index is -0.144. The van der Waals surface area contributed by atoms with Crippen molar-refractivity contribution in [3.63, 3.8) is 0 Å². The van der Waals surface area contributed by atoms with E-state index < -0.39 is 0 Å². The molecular formula is C19H21N5O2. The summed E-state index contributed by atoms with van der Waals surface area (Å²) in [6.07, 6.45) is 2.47. The highest BCUT2D eigenvalue weighted by molar-refractivity contribution is 5.94. The highest BCUT2D eigenvalue weighted by Gasteiger charge is 2.27. The first-order valence-electron chi connectivity index (χ1n) is 8.57. The second-order valence-electron chi connectivity index (χ2n) is 6.57. The molecule has 7 heteroatoms. The normalized spacial score (nSPS) is 16.7. The van der Waals surface area contributed by atoms with E-state index in [1.807, 2.05) is 32.2 Å². The Bertz CT molecular complexity index is 972. The number of nitrogens with one attached hydrogen (secondary N) is 2. The number of aryl methyl sites for hydroxylation is 1. The highest BCUT2D eigenvalue weighted by Crippen LogP contribution is 2.29. The van der Waals surface area contributed by atoms with E-state index in [-0.39, 0.29) is 11.8 Å². The maximum Gasteiger partial charge on any atom is 0.271 e. The summed E-state index contributed by atoms with van der Waals surface area (Å²) >= 11 is 0. The van der Waals surface area contributed by atoms with Crippen LogP contribution in [-0.4, -0.2) is 39.3 Å². The lowest BCUT2D eigenvalue weighted by Gasteiger charge is -2.15. The molecule has 3 heterocycles. The number of methoxy groups -OCH3 is 1. The number of ether oxygens (including phenoxy) is 1. The van der Waals surface area contributed by atoms with E-state index in [9.17, 15) is 4.79 Å². The number of hydrogen-bond acceptors (Lipinski definition) is 4. The van der Waals surface area contributed by atoms with Gasteiger partial charge in [-0.15, -0.1) is 0 Å². The van der Waals surface area contributed by atoms with Crippen molar-refractivity contribution in [1.82, 2.24) is 25.1 Å². The molecule has 1 amide bonds. The molecule has 0 bridgehead atoms. The fraction of sp³-hybridized carbons (Fsp3) is 0.316. The quantitative estimate of drug-likeness (QED) is 0.758. The van der Waals surface area contributed by atoms with E-state index in [1.54, 1.807) is 18.0 Å². The summed E-state index contributed by atoms with van der Waals surface area (Å²) in [5.41, 5.74) is 4.36. The molecule has 134 valence electrons. The number of carbonyl (C=O) groups excluding carboxylic acids is 1. The Balaban J connectivity index is 1.70. The van der Waals surface area contributed by atoms with Crippen LogP contribution in [0.1, 0.15) is 33.4 Å². The molecule has 1 aliphatic heterocycles. The Morgan fingerprint density at radius 2 is 2.19 bits per heavy atom. The predicted octanol–water partition coefficient (Wildman–Crippen LogP) is 2.20. The highest BCUT2D eigenvalue weighted by atomic mass is 16.5. The summed E-state index contributed by atoms with van der Waals surface area (Å²) in [5, 5.41) is 7.25. The van der Waals surface area contributed by atoms with Crippen molar-refractivity contribution >= 4 is 5.91 Å². The van der Waals surface area contributed by atoms with E-state index in [0.29, 0.717) is 24.5 Å². The molecule has 1 aliphatic rings. The topological polar surface area (TPSA) is 84.8 Å². The average molecular weight is 351 g/mol. The smallest absolute Gasteiger partial charge is 0.271 e. The number of aromatic nitrogens is 4. The van der Waals surface area contributed by atoms with Crippen molar-refractivity contribution in [3.05, 3.63) is 53.1 Å². The van der Waals surface area contributed by atoms with Crippen LogP contribution in [0.15, 0.2) is 30.5 Å². The zero-order valence-corrected chi connectivity index (χ0v) is 15.0. The van der Waals surface area contributed by atoms with Gasteiger partial charge in [0.25, 0.3) is 5.91 Å². The third kappa shape index (κ3) is 2.75. The molecule has 0 spiro atoms. The number of rotatable bonds is 3. The van der Waals surface area contributed by atoms with Gasteiger partial charge in [0.1, 0.15) is 17.3 Å². The lowest BCUT2D eigenvalue weighted by atomic mass is 9.94. The Morgan fingerprint density at radius 1 is 1.35 bits per heavy atom. The second kappa shape index (κ2) is 6.33. The Labute approximate surface area is 151 Å². The summed E-state index contributed by atoms with van der Waals surface area (Å²) < 4.78 is 7.12. The van der Waals surface area contributed by atoms with E-state index in [1.165, 1.54) is 0 Å². The SMILES string of the molecule is COc1cccc([C@H]2CNC(=O)c3nc(-c4cnn(C)c4C)[nH]c3C2)c1. The zero-order valence-electron chi connectivity index (χ0n) is 15.0. The molecule has 0 saturated heterocycles. The molecule has 0 aliphatic carbocycles. The number of benzene rings is 1. The van der Waals surface area contributed by atoms with Crippen LogP contribution in [0, 0.1) is 6.92 Å². The molecule has 26 heavy (non-hydrogen) atoms. The summed E-state index contributed by atoms with van der Waals surface area (Å²) in [4.78, 5) is 20.4. The van der Waals surface area contributed by atoms with Crippen molar-refractivity contribution < 1.29 is 9.53 Å². The van der Waals surface area contributed by atoms with Crippen LogP contribution in [0.25, 0.3) is 11.4 Å². The fourth-order valence-corrected chi connectivity index (χ4v) is 3.35. The minimum absolute atomic E-state index is 0.144. The van der Waals surface area contributed by atoms with Gasteiger partial charge in [0.15, 0.2) is 0 Å². The molecule has 1 atom stereocenters. The number of nitrogens with zero attached hydrogens (tertiary/aromatic N) is 3. The molecule has 0 radical (unpaired) electrons. The standard InChI is InChI=1S/C19H21N5O2/c1-11-15(10-21-24(11)2)18-22-16-8-13(9-20-19(25)17(16)23-18)12-5-4-6-14(7-12)26-3/h4-7,10,13H,8-9H2,1-3H3,(H,20,25)(H,22,23)/t13-/m1/s1. The van der Waals surface area contributed by atoms with Crippen LogP contribution in [0.3, 0.4) is 0 Å². The number of H-pyrrole nitrogens is 1. The average Bonchev–Trinajstić information content (AvgIpc) is 3.17. The number of imidazole rings is 1. The maximum absolute atomic E-state index is 12.5. The summed E-state index contributed by atoms with van der Waals surface area (Å²) in [6.45, 7) is 2.55. The van der Waals surface area contributed by atoms with Gasteiger partial charge in [-0.25, -0.2) is 4.98 Å².